The van der Waals surface area contributed by atoms with E-state index in [1.54, 1.807) is 83.3 Å². The van der Waals surface area contributed by atoms with Gasteiger partial charge in [-0.25, -0.2) is 14.8 Å². The molecule has 0 saturated carbocycles. The zero-order chi connectivity index (χ0) is 28.3. The van der Waals surface area contributed by atoms with E-state index in [0.29, 0.717) is 16.8 Å². The maximum absolute atomic E-state index is 13.7. The summed E-state index contributed by atoms with van der Waals surface area (Å²) in [6.45, 7) is 6.30. The minimum atomic E-state index is -0.851. The lowest BCUT2D eigenvalue weighted by molar-refractivity contribution is -0.152. The Hall–Kier alpha value is -4.74. The molecule has 0 unspecified atom stereocenters. The lowest BCUT2D eigenvalue weighted by atomic mass is 10.1. The topological polar surface area (TPSA) is 142 Å². The Kier molecular flexibility index (Phi) is 7.65. The van der Waals surface area contributed by atoms with Crippen molar-refractivity contribution in [3.05, 3.63) is 54.3 Å². The van der Waals surface area contributed by atoms with Crippen LogP contribution in [0.1, 0.15) is 43.8 Å². The third-order valence-electron chi connectivity index (χ3n) is 5.51. The number of aryl methyl sites for hydroxylation is 1. The zero-order valence-corrected chi connectivity index (χ0v) is 22.6. The first-order valence-corrected chi connectivity index (χ1v) is 12.3. The van der Waals surface area contributed by atoms with E-state index in [2.05, 4.69) is 20.4 Å². The Labute approximate surface area is 224 Å². The first-order valence-electron chi connectivity index (χ1n) is 12.3. The third kappa shape index (κ3) is 6.06. The third-order valence-corrected chi connectivity index (χ3v) is 5.51. The van der Waals surface area contributed by atoms with Gasteiger partial charge >= 0.3 is 12.1 Å². The normalized spacial score (nSPS) is 11.3. The second-order valence-corrected chi connectivity index (χ2v) is 9.64. The molecule has 0 aliphatic rings. The zero-order valence-electron chi connectivity index (χ0n) is 22.6. The molecule has 0 spiro atoms. The molecule has 4 aromatic rings. The Balaban J connectivity index is 1.91. The van der Waals surface area contributed by atoms with Crippen LogP contribution < -0.4 is 10.2 Å². The first-order chi connectivity index (χ1) is 18.5. The number of ether oxygens (including phenoxy) is 2. The molecule has 204 valence electrons. The average molecular weight is 535 g/mol. The van der Waals surface area contributed by atoms with Crippen LogP contribution in [0.4, 0.5) is 16.3 Å². The van der Waals surface area contributed by atoms with Gasteiger partial charge in [0.1, 0.15) is 23.7 Å². The predicted molar refractivity (Wildman–Crippen MR) is 144 cm³/mol. The average Bonchev–Trinajstić information content (AvgIpc) is 3.49. The Morgan fingerprint density at radius 2 is 1.87 bits per heavy atom. The van der Waals surface area contributed by atoms with Crippen LogP contribution in [-0.2, 0) is 21.3 Å². The summed E-state index contributed by atoms with van der Waals surface area (Å²) in [5.74, 6) is -0.882. The summed E-state index contributed by atoms with van der Waals surface area (Å²) in [5.41, 5.74) is 0.966. The summed E-state index contributed by atoms with van der Waals surface area (Å²) in [5, 5.41) is 7.42. The van der Waals surface area contributed by atoms with Crippen molar-refractivity contribution in [3.63, 3.8) is 0 Å². The van der Waals surface area contributed by atoms with Gasteiger partial charge in [-0.1, -0.05) is 0 Å². The highest BCUT2D eigenvalue weighted by molar-refractivity contribution is 6.17. The quantitative estimate of drug-likeness (QED) is 0.258. The van der Waals surface area contributed by atoms with Crippen LogP contribution in [0.2, 0.25) is 0 Å². The van der Waals surface area contributed by atoms with Crippen molar-refractivity contribution < 1.29 is 28.3 Å². The SMILES string of the molecule is CCOC(=O)N(CC(=O)OC(C)(C)C)c1c(C(=O)c2ccc(NC)nc2)oc2ncc(-c3cnn(C)c3)cc12. The van der Waals surface area contributed by atoms with Crippen LogP contribution in [-0.4, -0.2) is 63.4 Å². The van der Waals surface area contributed by atoms with E-state index in [9.17, 15) is 14.4 Å². The molecule has 0 aromatic carbocycles. The molecule has 1 N–H and O–H groups in total. The van der Waals surface area contributed by atoms with E-state index < -0.39 is 30.0 Å². The van der Waals surface area contributed by atoms with Gasteiger partial charge < -0.3 is 19.2 Å². The molecule has 4 rings (SSSR count). The number of carbonyl (C=O) groups excluding carboxylic acids is 3. The van der Waals surface area contributed by atoms with Crippen LogP contribution in [0.15, 0.2) is 47.4 Å². The fourth-order valence-electron chi connectivity index (χ4n) is 3.87. The van der Waals surface area contributed by atoms with E-state index in [4.69, 9.17) is 13.9 Å². The molecule has 4 heterocycles. The fourth-order valence-corrected chi connectivity index (χ4v) is 3.87. The number of furan rings is 1. The number of hydrogen-bond donors (Lipinski definition) is 1. The highest BCUT2D eigenvalue weighted by Gasteiger charge is 2.33. The molecule has 0 atom stereocenters. The molecule has 0 aliphatic heterocycles. The molecule has 39 heavy (non-hydrogen) atoms. The van der Waals surface area contributed by atoms with Crippen LogP contribution >= 0.6 is 0 Å². The molecule has 12 heteroatoms. The Morgan fingerprint density at radius 1 is 1.10 bits per heavy atom. The van der Waals surface area contributed by atoms with Gasteiger partial charge in [-0.2, -0.15) is 5.10 Å². The molecule has 0 radical (unpaired) electrons. The van der Waals surface area contributed by atoms with E-state index in [-0.39, 0.29) is 29.3 Å². The number of pyridine rings is 2. The van der Waals surface area contributed by atoms with Crippen molar-refractivity contribution in [3.8, 4) is 11.1 Å². The van der Waals surface area contributed by atoms with E-state index in [0.717, 1.165) is 10.5 Å². The molecule has 4 aromatic heterocycles. The van der Waals surface area contributed by atoms with Crippen molar-refractivity contribution in [2.45, 2.75) is 33.3 Å². The monoisotopic (exact) mass is 534 g/mol. The van der Waals surface area contributed by atoms with Crippen molar-refractivity contribution >= 4 is 40.5 Å². The summed E-state index contributed by atoms with van der Waals surface area (Å²) < 4.78 is 18.3. The number of rotatable bonds is 8. The second-order valence-electron chi connectivity index (χ2n) is 9.64. The minimum Gasteiger partial charge on any atom is -0.459 e. The highest BCUT2D eigenvalue weighted by Crippen LogP contribution is 2.37. The summed E-state index contributed by atoms with van der Waals surface area (Å²) in [4.78, 5) is 49.5. The standard InChI is InChI=1S/C27H30N6O6/c1-7-37-26(36)33(15-21(34)39-27(2,3)4)22-19-10-17(18-13-31-32(6)14-18)12-30-25(19)38-24(22)23(35)16-8-9-20(28-5)29-11-16/h8-14H,7,15H2,1-6H3,(H,28,29). The van der Waals surface area contributed by atoms with E-state index >= 15 is 0 Å². The Bertz CT molecular complexity index is 1520. The van der Waals surface area contributed by atoms with Crippen molar-refractivity contribution in [2.75, 3.05) is 30.4 Å². The molecule has 0 aliphatic carbocycles. The lowest BCUT2D eigenvalue weighted by Crippen LogP contribution is -2.39. The van der Waals surface area contributed by atoms with Gasteiger partial charge in [0.2, 0.25) is 17.3 Å². The number of hydrogen-bond acceptors (Lipinski definition) is 10. The van der Waals surface area contributed by atoms with E-state index in [1.165, 1.54) is 6.20 Å². The largest absolute Gasteiger partial charge is 0.459 e. The highest BCUT2D eigenvalue weighted by atomic mass is 16.6. The van der Waals surface area contributed by atoms with Gasteiger partial charge in [-0.05, 0) is 45.9 Å². The van der Waals surface area contributed by atoms with Gasteiger partial charge in [0.25, 0.3) is 0 Å². The molecular formula is C27H30N6O6. The van der Waals surface area contributed by atoms with E-state index in [1.807, 2.05) is 0 Å². The number of nitrogens with zero attached hydrogens (tertiary/aromatic N) is 5. The molecular weight excluding hydrogens is 504 g/mol. The van der Waals surface area contributed by atoms with Crippen LogP contribution in [0.5, 0.6) is 0 Å². The summed E-state index contributed by atoms with van der Waals surface area (Å²) in [6.07, 6.45) is 5.58. The lowest BCUT2D eigenvalue weighted by Gasteiger charge is -2.24. The van der Waals surface area contributed by atoms with Crippen molar-refractivity contribution in [1.29, 1.82) is 0 Å². The molecule has 0 bridgehead atoms. The minimum absolute atomic E-state index is 0.0373. The van der Waals surface area contributed by atoms with Gasteiger partial charge in [-0.3, -0.25) is 19.2 Å². The van der Waals surface area contributed by atoms with Crippen LogP contribution in [0.3, 0.4) is 0 Å². The second kappa shape index (κ2) is 10.9. The fraction of sp³-hybridized carbons (Fsp3) is 0.333. The number of ketones is 1. The number of esters is 1. The maximum atomic E-state index is 13.7. The first kappa shape index (κ1) is 27.3. The number of aromatic nitrogens is 4. The van der Waals surface area contributed by atoms with Gasteiger partial charge in [-0.15, -0.1) is 0 Å². The van der Waals surface area contributed by atoms with Crippen LogP contribution in [0.25, 0.3) is 22.2 Å². The predicted octanol–water partition coefficient (Wildman–Crippen LogP) is 4.20. The Morgan fingerprint density at radius 3 is 2.46 bits per heavy atom. The molecule has 0 fully saturated rings. The van der Waals surface area contributed by atoms with Gasteiger partial charge in [0.15, 0.2) is 0 Å². The van der Waals surface area contributed by atoms with Crippen molar-refractivity contribution in [1.82, 2.24) is 19.7 Å². The van der Waals surface area contributed by atoms with Crippen molar-refractivity contribution in [2.24, 2.45) is 7.05 Å². The van der Waals surface area contributed by atoms with Gasteiger partial charge in [0, 0.05) is 49.4 Å². The number of carbonyl (C=O) groups is 3. The molecule has 0 saturated heterocycles. The van der Waals surface area contributed by atoms with Gasteiger partial charge in [0.05, 0.1) is 18.2 Å². The number of nitrogens with one attached hydrogen (secondary N) is 1. The number of fused-ring (bicyclic) bond motifs is 1. The smallest absolute Gasteiger partial charge is 0.414 e. The molecule has 12 nitrogen and oxygen atoms in total. The summed E-state index contributed by atoms with van der Waals surface area (Å²) >= 11 is 0. The number of amides is 1. The summed E-state index contributed by atoms with van der Waals surface area (Å²) in [6, 6.07) is 4.94. The number of anilines is 2. The molecule has 1 amide bonds. The summed E-state index contributed by atoms with van der Waals surface area (Å²) in [7, 11) is 3.49. The maximum Gasteiger partial charge on any atom is 0.414 e. The van der Waals surface area contributed by atoms with Crippen LogP contribution in [0, 0.1) is 0 Å².